The van der Waals surface area contributed by atoms with Crippen molar-refractivity contribution < 1.29 is 8.42 Å². The smallest absolute Gasteiger partial charge is 0.244 e. The molecule has 1 aromatic heterocycles. The zero-order valence-electron chi connectivity index (χ0n) is 17.6. The Kier molecular flexibility index (Phi) is 6.56. The van der Waals surface area contributed by atoms with Gasteiger partial charge in [-0.2, -0.15) is 19.3 Å². The number of rotatable bonds is 6. The van der Waals surface area contributed by atoms with Crippen LogP contribution in [0.15, 0.2) is 53.4 Å². The van der Waals surface area contributed by atoms with Crippen LogP contribution < -0.4 is 11.1 Å². The fraction of sp³-hybridized carbons (Fsp3) is 0.286. The van der Waals surface area contributed by atoms with Crippen LogP contribution in [0.4, 0.5) is 17.6 Å². The van der Waals surface area contributed by atoms with Crippen LogP contribution in [0, 0.1) is 6.92 Å². The van der Waals surface area contributed by atoms with Crippen LogP contribution in [0.5, 0.6) is 0 Å². The predicted octanol–water partition coefficient (Wildman–Crippen LogP) is 2.67. The molecule has 3 N–H and O–H groups in total. The molecule has 3 aromatic rings. The number of hydrogen-bond donors (Lipinski definition) is 2. The Morgan fingerprint density at radius 1 is 1.00 bits per heavy atom. The summed E-state index contributed by atoms with van der Waals surface area (Å²) in [5.74, 6) is 1.03. The molecule has 0 bridgehead atoms. The van der Waals surface area contributed by atoms with Gasteiger partial charge in [-0.15, -0.1) is 0 Å². The first-order chi connectivity index (χ1) is 15.3. The quantitative estimate of drug-likeness (QED) is 0.561. The molecule has 11 heteroatoms. The van der Waals surface area contributed by atoms with Gasteiger partial charge in [-0.05, 0) is 30.7 Å². The third-order valence-corrected chi connectivity index (χ3v) is 7.64. The summed E-state index contributed by atoms with van der Waals surface area (Å²) < 4.78 is 27.3. The maximum absolute atomic E-state index is 12.9. The van der Waals surface area contributed by atoms with E-state index in [1.165, 1.54) is 10.4 Å². The number of sulfonamides is 1. The van der Waals surface area contributed by atoms with Gasteiger partial charge in [-0.1, -0.05) is 41.9 Å². The van der Waals surface area contributed by atoms with Crippen molar-refractivity contribution in [3.63, 3.8) is 0 Å². The highest BCUT2D eigenvalue weighted by atomic mass is 35.5. The molecule has 1 aliphatic rings. The number of nitrogens with one attached hydrogen (secondary N) is 1. The highest BCUT2D eigenvalue weighted by molar-refractivity contribution is 7.89. The summed E-state index contributed by atoms with van der Waals surface area (Å²) in [5, 5.41) is 3.41. The van der Waals surface area contributed by atoms with E-state index >= 15 is 0 Å². The number of benzene rings is 2. The summed E-state index contributed by atoms with van der Waals surface area (Å²) in [5.41, 5.74) is 7.84. The van der Waals surface area contributed by atoms with E-state index in [2.05, 4.69) is 25.2 Å². The van der Waals surface area contributed by atoms with E-state index in [1.807, 2.05) is 31.2 Å². The van der Waals surface area contributed by atoms with E-state index in [-0.39, 0.29) is 15.9 Å². The third-order valence-electron chi connectivity index (χ3n) is 5.24. The normalized spacial score (nSPS) is 15.6. The molecule has 0 saturated carbocycles. The SMILES string of the molecule is Cc1ccccc1Nc1nc(N)nc(CN2CCN(S(=O)(=O)c3ccccc3Cl)CC2)n1. The number of anilines is 3. The summed E-state index contributed by atoms with van der Waals surface area (Å²) >= 11 is 6.10. The fourth-order valence-corrected chi connectivity index (χ4v) is 5.43. The highest BCUT2D eigenvalue weighted by Gasteiger charge is 2.30. The first-order valence-electron chi connectivity index (χ1n) is 10.1. The van der Waals surface area contributed by atoms with Crippen LogP contribution >= 0.6 is 11.6 Å². The molecule has 0 radical (unpaired) electrons. The second kappa shape index (κ2) is 9.37. The predicted molar refractivity (Wildman–Crippen MR) is 124 cm³/mol. The fourth-order valence-electron chi connectivity index (χ4n) is 3.52. The van der Waals surface area contributed by atoms with Crippen molar-refractivity contribution in [1.29, 1.82) is 0 Å². The first kappa shape index (κ1) is 22.4. The van der Waals surface area contributed by atoms with Crippen molar-refractivity contribution in [2.24, 2.45) is 0 Å². The van der Waals surface area contributed by atoms with Crippen LogP contribution in [0.2, 0.25) is 5.02 Å². The van der Waals surface area contributed by atoms with Gasteiger partial charge in [0.05, 0.1) is 11.6 Å². The Balaban J connectivity index is 1.42. The third kappa shape index (κ3) is 4.99. The highest BCUT2D eigenvalue weighted by Crippen LogP contribution is 2.25. The molecule has 0 spiro atoms. The average molecular weight is 474 g/mol. The molecule has 0 amide bonds. The van der Waals surface area contributed by atoms with Crippen molar-refractivity contribution in [2.75, 3.05) is 37.2 Å². The summed E-state index contributed by atoms with van der Waals surface area (Å²) in [6, 6.07) is 14.3. The standard InChI is InChI=1S/C21H24ClN7O2S/c1-15-6-2-4-8-17(15)24-21-26-19(25-20(23)27-21)14-28-10-12-29(13-11-28)32(30,31)18-9-5-3-7-16(18)22/h2-9H,10-14H2,1H3,(H3,23,24,25,26,27). The first-order valence-corrected chi connectivity index (χ1v) is 11.9. The minimum atomic E-state index is -3.64. The molecule has 1 saturated heterocycles. The largest absolute Gasteiger partial charge is 0.368 e. The van der Waals surface area contributed by atoms with Gasteiger partial charge in [0.1, 0.15) is 10.7 Å². The van der Waals surface area contributed by atoms with Crippen LogP contribution in [-0.4, -0.2) is 58.8 Å². The molecule has 1 fully saturated rings. The van der Waals surface area contributed by atoms with E-state index in [9.17, 15) is 8.42 Å². The molecule has 0 unspecified atom stereocenters. The lowest BCUT2D eigenvalue weighted by Gasteiger charge is -2.33. The van der Waals surface area contributed by atoms with Gasteiger partial charge < -0.3 is 11.1 Å². The summed E-state index contributed by atoms with van der Waals surface area (Å²) in [6.45, 7) is 4.20. The number of nitrogens with zero attached hydrogens (tertiary/aromatic N) is 5. The van der Waals surface area contributed by atoms with Crippen molar-refractivity contribution in [2.45, 2.75) is 18.4 Å². The molecule has 4 rings (SSSR count). The Bertz CT molecular complexity index is 1210. The van der Waals surface area contributed by atoms with E-state index < -0.39 is 10.0 Å². The van der Waals surface area contributed by atoms with E-state index in [4.69, 9.17) is 17.3 Å². The zero-order chi connectivity index (χ0) is 22.7. The zero-order valence-corrected chi connectivity index (χ0v) is 19.1. The molecule has 2 heterocycles. The van der Waals surface area contributed by atoms with Gasteiger partial charge in [0.25, 0.3) is 0 Å². The Morgan fingerprint density at radius 2 is 1.69 bits per heavy atom. The second-order valence-corrected chi connectivity index (χ2v) is 9.80. The lowest BCUT2D eigenvalue weighted by atomic mass is 10.2. The van der Waals surface area contributed by atoms with Crippen molar-refractivity contribution >= 4 is 39.2 Å². The van der Waals surface area contributed by atoms with Crippen molar-refractivity contribution in [1.82, 2.24) is 24.2 Å². The van der Waals surface area contributed by atoms with E-state index in [0.29, 0.717) is 44.5 Å². The number of hydrogen-bond acceptors (Lipinski definition) is 8. The Morgan fingerprint density at radius 3 is 2.41 bits per heavy atom. The molecule has 9 nitrogen and oxygen atoms in total. The second-order valence-electron chi connectivity index (χ2n) is 7.48. The lowest BCUT2D eigenvalue weighted by molar-refractivity contribution is 0.178. The summed E-state index contributed by atoms with van der Waals surface area (Å²) in [4.78, 5) is 15.1. The van der Waals surface area contributed by atoms with Crippen LogP contribution in [-0.2, 0) is 16.6 Å². The van der Waals surface area contributed by atoms with Crippen molar-refractivity contribution in [3.8, 4) is 0 Å². The molecule has 168 valence electrons. The number of piperazine rings is 1. The number of aryl methyl sites for hydroxylation is 1. The maximum atomic E-state index is 12.9. The van der Waals surface area contributed by atoms with Gasteiger partial charge in [-0.25, -0.2) is 8.42 Å². The molecule has 0 aliphatic carbocycles. The molecule has 32 heavy (non-hydrogen) atoms. The Hall–Kier alpha value is -2.79. The molecule has 0 atom stereocenters. The maximum Gasteiger partial charge on any atom is 0.244 e. The Labute approximate surface area is 192 Å². The number of para-hydroxylation sites is 1. The van der Waals surface area contributed by atoms with Crippen LogP contribution in [0.3, 0.4) is 0 Å². The van der Waals surface area contributed by atoms with Gasteiger partial charge in [0, 0.05) is 31.9 Å². The molecular weight excluding hydrogens is 450 g/mol. The number of nitrogen functional groups attached to an aromatic ring is 1. The van der Waals surface area contributed by atoms with E-state index in [1.54, 1.807) is 18.2 Å². The number of nitrogens with two attached hydrogens (primary N) is 1. The van der Waals surface area contributed by atoms with Gasteiger partial charge in [0.2, 0.25) is 21.9 Å². The van der Waals surface area contributed by atoms with Gasteiger partial charge in [0.15, 0.2) is 0 Å². The van der Waals surface area contributed by atoms with Crippen LogP contribution in [0.1, 0.15) is 11.4 Å². The molecular formula is C21H24ClN7O2S. The lowest BCUT2D eigenvalue weighted by Crippen LogP contribution is -2.48. The summed E-state index contributed by atoms with van der Waals surface area (Å²) in [6.07, 6.45) is 0. The number of aromatic nitrogens is 3. The molecule has 2 aromatic carbocycles. The minimum Gasteiger partial charge on any atom is -0.368 e. The van der Waals surface area contributed by atoms with Gasteiger partial charge >= 0.3 is 0 Å². The minimum absolute atomic E-state index is 0.131. The van der Waals surface area contributed by atoms with Gasteiger partial charge in [-0.3, -0.25) is 4.90 Å². The number of halogens is 1. The summed E-state index contributed by atoms with van der Waals surface area (Å²) in [7, 11) is -3.64. The van der Waals surface area contributed by atoms with Crippen molar-refractivity contribution in [3.05, 3.63) is 64.9 Å². The van der Waals surface area contributed by atoms with Crippen LogP contribution in [0.25, 0.3) is 0 Å². The monoisotopic (exact) mass is 473 g/mol. The van der Waals surface area contributed by atoms with E-state index in [0.717, 1.165) is 11.3 Å². The topological polar surface area (TPSA) is 117 Å². The average Bonchev–Trinajstić information content (AvgIpc) is 2.75. The molecule has 1 aliphatic heterocycles.